The van der Waals surface area contributed by atoms with Gasteiger partial charge in [-0.3, -0.25) is 4.40 Å². The van der Waals surface area contributed by atoms with E-state index < -0.39 is 0 Å². The second-order valence-electron chi connectivity index (χ2n) is 3.84. The van der Waals surface area contributed by atoms with E-state index in [1.807, 2.05) is 34.7 Å². The number of nitrogen functional groups attached to an aromatic ring is 1. The number of nitrogens with two attached hydrogens (primary N) is 1. The summed E-state index contributed by atoms with van der Waals surface area (Å²) in [6.45, 7) is 0. The van der Waals surface area contributed by atoms with E-state index in [2.05, 4.69) is 10.2 Å². The normalized spacial score (nSPS) is 11.1. The van der Waals surface area contributed by atoms with Gasteiger partial charge in [0.25, 0.3) is 0 Å². The summed E-state index contributed by atoms with van der Waals surface area (Å²) in [6.07, 6.45) is 3.22. The molecule has 0 aliphatic heterocycles. The lowest BCUT2D eigenvalue weighted by Gasteiger charge is -2.01. The average molecular weight is 228 g/mol. The Kier molecular flexibility index (Phi) is 2.29. The molecule has 5 nitrogen and oxygen atoms in total. The summed E-state index contributed by atoms with van der Waals surface area (Å²) in [6, 6.07) is 9.43. The minimum atomic E-state index is 0.655. The maximum atomic E-state index is 5.91. The minimum absolute atomic E-state index is 0.655. The average Bonchev–Trinajstić information content (AvgIpc) is 2.95. The number of anilines is 1. The Balaban J connectivity index is 1.90. The molecule has 86 valence electrons. The van der Waals surface area contributed by atoms with Gasteiger partial charge in [0.2, 0.25) is 0 Å². The first-order valence-corrected chi connectivity index (χ1v) is 5.45. The summed E-state index contributed by atoms with van der Waals surface area (Å²) in [5.41, 5.74) is 6.69. The Morgan fingerprint density at radius 3 is 2.88 bits per heavy atom. The van der Waals surface area contributed by atoms with Gasteiger partial charge in [0.15, 0.2) is 5.65 Å². The van der Waals surface area contributed by atoms with Crippen molar-refractivity contribution in [2.45, 2.75) is 12.8 Å². The first-order valence-electron chi connectivity index (χ1n) is 5.45. The smallest absolute Gasteiger partial charge is 0.162 e. The number of aromatic nitrogens is 3. The van der Waals surface area contributed by atoms with Gasteiger partial charge in [-0.15, -0.1) is 10.2 Å². The molecule has 3 aromatic heterocycles. The molecule has 0 fully saturated rings. The number of aryl methyl sites for hydroxylation is 2. The van der Waals surface area contributed by atoms with Gasteiger partial charge in [0.05, 0.1) is 6.26 Å². The molecule has 3 heterocycles. The molecule has 0 spiro atoms. The van der Waals surface area contributed by atoms with Crippen molar-refractivity contribution in [3.8, 4) is 0 Å². The molecule has 0 saturated carbocycles. The van der Waals surface area contributed by atoms with Crippen LogP contribution in [0.1, 0.15) is 11.6 Å². The molecule has 0 bridgehead atoms. The first-order chi connectivity index (χ1) is 8.34. The zero-order valence-electron chi connectivity index (χ0n) is 9.21. The predicted octanol–water partition coefficient (Wildman–Crippen LogP) is 1.69. The van der Waals surface area contributed by atoms with Crippen LogP contribution < -0.4 is 5.73 Å². The van der Waals surface area contributed by atoms with Crippen molar-refractivity contribution < 1.29 is 4.42 Å². The third-order valence-corrected chi connectivity index (χ3v) is 2.70. The van der Waals surface area contributed by atoms with Gasteiger partial charge in [0.1, 0.15) is 17.4 Å². The van der Waals surface area contributed by atoms with E-state index in [0.717, 1.165) is 30.1 Å². The lowest BCUT2D eigenvalue weighted by molar-refractivity contribution is 0.506. The topological polar surface area (TPSA) is 69.3 Å². The molecular weight excluding hydrogens is 216 g/mol. The van der Waals surface area contributed by atoms with Gasteiger partial charge in [-0.05, 0) is 24.3 Å². The Labute approximate surface area is 97.9 Å². The number of fused-ring (bicyclic) bond motifs is 1. The molecule has 0 aromatic carbocycles. The van der Waals surface area contributed by atoms with Crippen molar-refractivity contribution in [1.82, 2.24) is 14.6 Å². The summed E-state index contributed by atoms with van der Waals surface area (Å²) >= 11 is 0. The second-order valence-corrected chi connectivity index (χ2v) is 3.84. The lowest BCUT2D eigenvalue weighted by atomic mass is 10.2. The fourth-order valence-electron chi connectivity index (χ4n) is 1.88. The van der Waals surface area contributed by atoms with Crippen LogP contribution in [0.4, 0.5) is 5.82 Å². The number of hydrogen-bond acceptors (Lipinski definition) is 4. The van der Waals surface area contributed by atoms with E-state index in [1.54, 1.807) is 6.26 Å². The standard InChI is InChI=1S/C12H12N4O/c13-10-4-1-5-11-14-15-12(16(10)11)7-6-9-3-2-8-17-9/h1-5,8H,6-7,13H2. The number of nitrogens with zero attached hydrogens (tertiary/aromatic N) is 3. The molecule has 0 unspecified atom stereocenters. The first kappa shape index (κ1) is 9.89. The summed E-state index contributed by atoms with van der Waals surface area (Å²) in [5, 5.41) is 8.23. The third kappa shape index (κ3) is 1.75. The van der Waals surface area contributed by atoms with E-state index in [1.165, 1.54) is 0 Å². The van der Waals surface area contributed by atoms with Crippen molar-refractivity contribution in [1.29, 1.82) is 0 Å². The van der Waals surface area contributed by atoms with Crippen LogP contribution in [0.15, 0.2) is 41.0 Å². The molecule has 3 aromatic rings. The fraction of sp³-hybridized carbons (Fsp3) is 0.167. The molecule has 5 heteroatoms. The van der Waals surface area contributed by atoms with Gasteiger partial charge in [-0.2, -0.15) is 0 Å². The Bertz CT molecular complexity index is 627. The third-order valence-electron chi connectivity index (χ3n) is 2.70. The van der Waals surface area contributed by atoms with Gasteiger partial charge in [0, 0.05) is 12.8 Å². The second kappa shape index (κ2) is 3.93. The quantitative estimate of drug-likeness (QED) is 0.740. The highest BCUT2D eigenvalue weighted by Gasteiger charge is 2.08. The van der Waals surface area contributed by atoms with E-state index in [9.17, 15) is 0 Å². The van der Waals surface area contributed by atoms with Crippen molar-refractivity contribution in [3.63, 3.8) is 0 Å². The largest absolute Gasteiger partial charge is 0.469 e. The zero-order chi connectivity index (χ0) is 11.7. The molecule has 2 N–H and O–H groups in total. The Hall–Kier alpha value is -2.30. The molecule has 0 aliphatic rings. The van der Waals surface area contributed by atoms with E-state index in [4.69, 9.17) is 10.2 Å². The maximum Gasteiger partial charge on any atom is 0.162 e. The van der Waals surface area contributed by atoms with Crippen LogP contribution in [0.3, 0.4) is 0 Å². The van der Waals surface area contributed by atoms with E-state index in [-0.39, 0.29) is 0 Å². The van der Waals surface area contributed by atoms with E-state index >= 15 is 0 Å². The van der Waals surface area contributed by atoms with Gasteiger partial charge >= 0.3 is 0 Å². The fourth-order valence-corrected chi connectivity index (χ4v) is 1.88. The van der Waals surface area contributed by atoms with Gasteiger partial charge in [-0.1, -0.05) is 6.07 Å². The molecule has 3 rings (SSSR count). The molecule has 0 radical (unpaired) electrons. The number of pyridine rings is 1. The van der Waals surface area contributed by atoms with Crippen LogP contribution in [0, 0.1) is 0 Å². The molecular formula is C12H12N4O. The van der Waals surface area contributed by atoms with Crippen LogP contribution in [0.5, 0.6) is 0 Å². The van der Waals surface area contributed by atoms with Crippen LogP contribution in [0.2, 0.25) is 0 Å². The van der Waals surface area contributed by atoms with Crippen molar-refractivity contribution >= 4 is 11.5 Å². The summed E-state index contributed by atoms with van der Waals surface area (Å²) in [7, 11) is 0. The summed E-state index contributed by atoms with van der Waals surface area (Å²) in [5.74, 6) is 2.45. The Morgan fingerprint density at radius 1 is 1.12 bits per heavy atom. The van der Waals surface area contributed by atoms with Crippen molar-refractivity contribution in [2.24, 2.45) is 0 Å². The minimum Gasteiger partial charge on any atom is -0.469 e. The van der Waals surface area contributed by atoms with Crippen molar-refractivity contribution in [3.05, 3.63) is 48.2 Å². The molecule has 0 aliphatic carbocycles. The predicted molar refractivity (Wildman–Crippen MR) is 63.5 cm³/mol. The van der Waals surface area contributed by atoms with Crippen LogP contribution in [0.25, 0.3) is 5.65 Å². The summed E-state index contributed by atoms with van der Waals surface area (Å²) in [4.78, 5) is 0. The highest BCUT2D eigenvalue weighted by molar-refractivity contribution is 5.47. The molecule has 17 heavy (non-hydrogen) atoms. The van der Waals surface area contributed by atoms with Crippen LogP contribution >= 0.6 is 0 Å². The maximum absolute atomic E-state index is 5.91. The van der Waals surface area contributed by atoms with Crippen LogP contribution in [-0.4, -0.2) is 14.6 Å². The van der Waals surface area contributed by atoms with Crippen LogP contribution in [-0.2, 0) is 12.8 Å². The lowest BCUT2D eigenvalue weighted by Crippen LogP contribution is -2.02. The SMILES string of the molecule is Nc1cccc2nnc(CCc3ccco3)n12. The number of furan rings is 1. The molecule has 0 saturated heterocycles. The Morgan fingerprint density at radius 2 is 2.06 bits per heavy atom. The highest BCUT2D eigenvalue weighted by atomic mass is 16.3. The zero-order valence-corrected chi connectivity index (χ0v) is 9.21. The molecule has 0 amide bonds. The highest BCUT2D eigenvalue weighted by Crippen LogP contribution is 2.12. The van der Waals surface area contributed by atoms with Crippen molar-refractivity contribution in [2.75, 3.05) is 5.73 Å². The molecule has 0 atom stereocenters. The summed E-state index contributed by atoms with van der Waals surface area (Å²) < 4.78 is 7.15. The monoisotopic (exact) mass is 228 g/mol. The number of rotatable bonds is 3. The number of hydrogen-bond donors (Lipinski definition) is 1. The van der Waals surface area contributed by atoms with Gasteiger partial charge in [-0.25, -0.2) is 0 Å². The van der Waals surface area contributed by atoms with E-state index in [0.29, 0.717) is 5.82 Å². The van der Waals surface area contributed by atoms with Gasteiger partial charge < -0.3 is 10.2 Å².